The molecule has 0 aromatic carbocycles. The highest BCUT2D eigenvalue weighted by Crippen LogP contribution is 1.96. The molecule has 114 valence electrons. The predicted octanol–water partition coefficient (Wildman–Crippen LogP) is 1.01. The minimum absolute atomic E-state index is 0.211. The van der Waals surface area contributed by atoms with Gasteiger partial charge in [0.05, 0.1) is 6.54 Å². The van der Waals surface area contributed by atoms with Gasteiger partial charge in [-0.15, -0.1) is 0 Å². The van der Waals surface area contributed by atoms with E-state index in [1.807, 2.05) is 0 Å². The molecule has 0 aliphatic heterocycles. The van der Waals surface area contributed by atoms with Crippen LogP contribution in [0.4, 0.5) is 8.78 Å². The lowest BCUT2D eigenvalue weighted by Crippen LogP contribution is -2.27. The maximum atomic E-state index is 12.1. The Labute approximate surface area is 118 Å². The third kappa shape index (κ3) is 11.3. The maximum absolute atomic E-state index is 12.1. The van der Waals surface area contributed by atoms with Crippen molar-refractivity contribution in [2.24, 2.45) is 4.99 Å². The van der Waals surface area contributed by atoms with Gasteiger partial charge in [-0.05, 0) is 26.1 Å². The van der Waals surface area contributed by atoms with Crippen LogP contribution in [0.25, 0.3) is 0 Å². The van der Waals surface area contributed by atoms with Gasteiger partial charge in [-0.1, -0.05) is 6.58 Å². The zero-order valence-electron chi connectivity index (χ0n) is 11.9. The number of alkyl halides is 2. The van der Waals surface area contributed by atoms with Crippen LogP contribution in [-0.2, 0) is 4.79 Å². The molecule has 0 spiro atoms. The highest BCUT2D eigenvalue weighted by atomic mass is 19.3. The largest absolute Gasteiger partial charge is 0.371 e. The Balaban J connectivity index is 3.71. The summed E-state index contributed by atoms with van der Waals surface area (Å²) in [6.45, 7) is 4.64. The van der Waals surface area contributed by atoms with Gasteiger partial charge in [0.1, 0.15) is 5.82 Å². The third-order valence-corrected chi connectivity index (χ3v) is 2.31. The van der Waals surface area contributed by atoms with Gasteiger partial charge in [0, 0.05) is 25.9 Å². The molecule has 0 fully saturated rings. The van der Waals surface area contributed by atoms with Crippen molar-refractivity contribution in [1.29, 1.82) is 0 Å². The molecule has 0 saturated heterocycles. The van der Waals surface area contributed by atoms with Crippen molar-refractivity contribution in [2.75, 3.05) is 33.7 Å². The molecular weight excluding hydrogens is 266 g/mol. The second-order valence-electron chi connectivity index (χ2n) is 4.13. The topological polar surface area (TPSA) is 56.7 Å². The van der Waals surface area contributed by atoms with Gasteiger partial charge in [-0.3, -0.25) is 4.79 Å². The summed E-state index contributed by atoms with van der Waals surface area (Å²) in [5.41, 5.74) is 0. The van der Waals surface area contributed by atoms with Gasteiger partial charge in [0.2, 0.25) is 5.91 Å². The lowest BCUT2D eigenvalue weighted by atomic mass is 10.4. The second kappa shape index (κ2) is 11.1. The number of nitrogens with one attached hydrogen (secondary N) is 2. The van der Waals surface area contributed by atoms with E-state index >= 15 is 0 Å². The molecule has 0 aliphatic rings. The smallest absolute Gasteiger partial charge is 0.251 e. The van der Waals surface area contributed by atoms with Gasteiger partial charge in [0.25, 0.3) is 6.43 Å². The van der Waals surface area contributed by atoms with Gasteiger partial charge in [-0.2, -0.15) is 0 Å². The lowest BCUT2D eigenvalue weighted by Gasteiger charge is -2.15. The Bertz CT molecular complexity index is 356. The van der Waals surface area contributed by atoms with Crippen LogP contribution in [0.1, 0.15) is 6.42 Å². The highest BCUT2D eigenvalue weighted by Gasteiger charge is 2.06. The van der Waals surface area contributed by atoms with Gasteiger partial charge in [0.15, 0.2) is 0 Å². The van der Waals surface area contributed by atoms with E-state index in [-0.39, 0.29) is 12.5 Å². The van der Waals surface area contributed by atoms with E-state index in [2.05, 4.69) is 22.2 Å². The summed E-state index contributed by atoms with van der Waals surface area (Å²) in [5, 5.41) is 5.39. The summed E-state index contributed by atoms with van der Waals surface area (Å²) in [7, 11) is 3.19. The van der Waals surface area contributed by atoms with E-state index in [1.54, 1.807) is 11.9 Å². The number of halogens is 2. The molecule has 0 saturated carbocycles. The molecule has 0 atom stereocenters. The molecule has 2 N–H and O–H groups in total. The van der Waals surface area contributed by atoms with E-state index in [9.17, 15) is 13.6 Å². The van der Waals surface area contributed by atoms with Crippen molar-refractivity contribution >= 4 is 12.1 Å². The summed E-state index contributed by atoms with van der Waals surface area (Å²) in [4.78, 5) is 16.4. The Hall–Kier alpha value is -1.76. The van der Waals surface area contributed by atoms with Gasteiger partial charge >= 0.3 is 0 Å². The molecule has 0 aromatic heterocycles. The molecular formula is C13H22F2N4O. The lowest BCUT2D eigenvalue weighted by molar-refractivity contribution is -0.116. The number of aliphatic imine (C=N–C) groups is 1. The first-order chi connectivity index (χ1) is 9.45. The number of amides is 1. The fraction of sp³-hybridized carbons (Fsp3) is 0.538. The Morgan fingerprint density at radius 3 is 2.80 bits per heavy atom. The molecule has 1 amide bonds. The summed E-state index contributed by atoms with van der Waals surface area (Å²) in [5.74, 6) is 0.250. The van der Waals surface area contributed by atoms with E-state index in [0.29, 0.717) is 25.3 Å². The molecule has 0 radical (unpaired) electrons. The molecule has 0 aliphatic carbocycles. The first-order valence-corrected chi connectivity index (χ1v) is 6.27. The minimum atomic E-state index is -2.31. The highest BCUT2D eigenvalue weighted by molar-refractivity contribution is 5.91. The van der Waals surface area contributed by atoms with E-state index in [1.165, 1.54) is 25.4 Å². The average molecular weight is 288 g/mol. The van der Waals surface area contributed by atoms with Crippen molar-refractivity contribution in [2.45, 2.75) is 12.8 Å². The van der Waals surface area contributed by atoms with Crippen molar-refractivity contribution in [1.82, 2.24) is 15.5 Å². The molecule has 0 unspecified atom stereocenters. The van der Waals surface area contributed by atoms with Gasteiger partial charge in [-0.25, -0.2) is 13.8 Å². The van der Waals surface area contributed by atoms with Crippen LogP contribution < -0.4 is 10.6 Å². The Kier molecular flexibility index (Phi) is 10.1. The average Bonchev–Trinajstić information content (AvgIpc) is 2.38. The summed E-state index contributed by atoms with van der Waals surface area (Å²) in [6, 6.07) is 0. The number of hydrogen-bond donors (Lipinski definition) is 2. The van der Waals surface area contributed by atoms with Crippen molar-refractivity contribution in [3.63, 3.8) is 0 Å². The van der Waals surface area contributed by atoms with Crippen LogP contribution in [0.5, 0.6) is 0 Å². The molecule has 20 heavy (non-hydrogen) atoms. The molecule has 0 aromatic rings. The van der Waals surface area contributed by atoms with Crippen molar-refractivity contribution in [3.8, 4) is 0 Å². The fourth-order valence-electron chi connectivity index (χ4n) is 1.30. The Morgan fingerprint density at radius 2 is 2.20 bits per heavy atom. The minimum Gasteiger partial charge on any atom is -0.371 e. The molecule has 5 nitrogen and oxygen atoms in total. The standard InChI is InChI=1S/C13H22F2N4O/c1-11(17-7-4-6-13(20)16-2)18-8-5-9-19(3)10-12(14)15/h4,6-7,12,18H,1,5,8-10H2,2-3H3,(H,16,20)/b6-4+,17-7-. The maximum Gasteiger partial charge on any atom is 0.251 e. The van der Waals surface area contributed by atoms with Crippen LogP contribution >= 0.6 is 0 Å². The summed E-state index contributed by atoms with van der Waals surface area (Å²) >= 11 is 0. The number of hydrogen-bond acceptors (Lipinski definition) is 4. The SMILES string of the molecule is C=C(/N=C\C=C\C(=O)NC)NCCCN(C)CC(F)F. The zero-order chi connectivity index (χ0) is 15.4. The van der Waals surface area contributed by atoms with Crippen molar-refractivity contribution < 1.29 is 13.6 Å². The number of likely N-dealkylation sites (N-methyl/N-ethyl adjacent to an activating group) is 1. The van der Waals surface area contributed by atoms with E-state index < -0.39 is 6.43 Å². The number of rotatable bonds is 10. The normalized spacial score (nSPS) is 11.7. The van der Waals surface area contributed by atoms with E-state index in [0.717, 1.165) is 0 Å². The number of carbonyl (C=O) groups is 1. The first-order valence-electron chi connectivity index (χ1n) is 6.27. The van der Waals surface area contributed by atoms with Crippen LogP contribution in [0.3, 0.4) is 0 Å². The van der Waals surface area contributed by atoms with Crippen LogP contribution in [0.15, 0.2) is 29.5 Å². The number of nitrogens with zero attached hydrogens (tertiary/aromatic N) is 2. The second-order valence-corrected chi connectivity index (χ2v) is 4.13. The quantitative estimate of drug-likeness (QED) is 0.358. The number of carbonyl (C=O) groups excluding carboxylic acids is 1. The molecule has 7 heteroatoms. The zero-order valence-corrected chi connectivity index (χ0v) is 11.9. The predicted molar refractivity (Wildman–Crippen MR) is 77.0 cm³/mol. The third-order valence-electron chi connectivity index (χ3n) is 2.31. The molecule has 0 bridgehead atoms. The summed E-state index contributed by atoms with van der Waals surface area (Å²) in [6.07, 6.45) is 2.71. The molecule has 0 heterocycles. The molecule has 0 rings (SSSR count). The van der Waals surface area contributed by atoms with Crippen molar-refractivity contribution in [3.05, 3.63) is 24.6 Å². The van der Waals surface area contributed by atoms with Gasteiger partial charge < -0.3 is 15.5 Å². The first kappa shape index (κ1) is 18.2. The fourth-order valence-corrected chi connectivity index (χ4v) is 1.30. The monoisotopic (exact) mass is 288 g/mol. The van der Waals surface area contributed by atoms with Crippen LogP contribution in [-0.4, -0.2) is 57.2 Å². The summed E-state index contributed by atoms with van der Waals surface area (Å²) < 4.78 is 24.1. The Morgan fingerprint density at radius 1 is 1.50 bits per heavy atom. The van der Waals surface area contributed by atoms with Crippen LogP contribution in [0.2, 0.25) is 0 Å². The van der Waals surface area contributed by atoms with Crippen LogP contribution in [0, 0.1) is 0 Å². The number of allylic oxidation sites excluding steroid dienone is 1. The van der Waals surface area contributed by atoms with E-state index in [4.69, 9.17) is 0 Å².